The van der Waals surface area contributed by atoms with E-state index in [0.717, 1.165) is 15.2 Å². The van der Waals surface area contributed by atoms with Crippen LogP contribution in [0.4, 0.5) is 5.69 Å². The maximum Gasteiger partial charge on any atom is 0.329 e. The number of hydrazone groups is 1. The smallest absolute Gasteiger partial charge is 0.329 e. The highest BCUT2D eigenvalue weighted by Crippen LogP contribution is 2.25. The highest BCUT2D eigenvalue weighted by molar-refractivity contribution is 9.10. The Bertz CT molecular complexity index is 1000. The Labute approximate surface area is 157 Å². The van der Waals surface area contributed by atoms with Crippen LogP contribution in [0.5, 0.6) is 5.75 Å². The van der Waals surface area contributed by atoms with Gasteiger partial charge in [0, 0.05) is 15.7 Å². The molecule has 0 saturated heterocycles. The van der Waals surface area contributed by atoms with Crippen LogP contribution in [0.2, 0.25) is 0 Å². The number of phenols is 1. The minimum Gasteiger partial charge on any atom is -0.507 e. The summed E-state index contributed by atoms with van der Waals surface area (Å²) in [6.07, 6.45) is 1.31. The molecule has 0 unspecified atom stereocenters. The van der Waals surface area contributed by atoms with Crippen molar-refractivity contribution in [1.82, 2.24) is 5.43 Å². The molecule has 3 aromatic carbocycles. The molecule has 26 heavy (non-hydrogen) atoms. The summed E-state index contributed by atoms with van der Waals surface area (Å²) >= 11 is 3.29. The summed E-state index contributed by atoms with van der Waals surface area (Å²) < 4.78 is 0.861. The lowest BCUT2D eigenvalue weighted by atomic mass is 10.0. The molecule has 0 aliphatic carbocycles. The molecular weight excluding hydrogens is 398 g/mol. The van der Waals surface area contributed by atoms with Gasteiger partial charge in [-0.2, -0.15) is 5.10 Å². The van der Waals surface area contributed by atoms with Crippen molar-refractivity contribution in [1.29, 1.82) is 0 Å². The standard InChI is InChI=1S/C19H14BrN3O3/c20-13-6-8-14(9-7-13)22-18(25)19(26)23-21-11-16-15-4-2-1-3-12(15)5-10-17(16)24/h1-11,24H,(H,22,25)(H,23,26)/b21-11+. The number of phenolic OH excluding ortho intramolecular Hbond substituents is 1. The molecule has 0 bridgehead atoms. The minimum absolute atomic E-state index is 0.0287. The van der Waals surface area contributed by atoms with Gasteiger partial charge in [-0.1, -0.05) is 46.3 Å². The average Bonchev–Trinajstić information content (AvgIpc) is 2.65. The number of amides is 2. The first-order chi connectivity index (χ1) is 12.5. The van der Waals surface area contributed by atoms with Crippen LogP contribution in [0, 0.1) is 0 Å². The van der Waals surface area contributed by atoms with Crippen LogP contribution in [0.15, 0.2) is 70.2 Å². The fourth-order valence-corrected chi connectivity index (χ4v) is 2.61. The number of fused-ring (bicyclic) bond motifs is 1. The van der Waals surface area contributed by atoms with E-state index < -0.39 is 11.8 Å². The van der Waals surface area contributed by atoms with E-state index in [9.17, 15) is 14.7 Å². The zero-order valence-corrected chi connectivity index (χ0v) is 15.0. The first-order valence-electron chi connectivity index (χ1n) is 7.65. The second kappa shape index (κ2) is 7.79. The molecule has 130 valence electrons. The molecule has 3 aromatic rings. The first kappa shape index (κ1) is 17.6. The molecule has 6 nitrogen and oxygen atoms in total. The van der Waals surface area contributed by atoms with Gasteiger partial charge in [0.2, 0.25) is 0 Å². The van der Waals surface area contributed by atoms with E-state index in [0.29, 0.717) is 11.3 Å². The van der Waals surface area contributed by atoms with Crippen LogP contribution < -0.4 is 10.7 Å². The van der Waals surface area contributed by atoms with Gasteiger partial charge >= 0.3 is 11.8 Å². The molecule has 0 fully saturated rings. The Kier molecular flexibility index (Phi) is 5.28. The minimum atomic E-state index is -0.913. The lowest BCUT2D eigenvalue weighted by Gasteiger charge is -2.05. The normalized spacial score (nSPS) is 10.8. The molecule has 2 amide bonds. The molecule has 0 heterocycles. The van der Waals surface area contributed by atoms with E-state index in [1.165, 1.54) is 6.21 Å². The van der Waals surface area contributed by atoms with Crippen LogP contribution in [-0.4, -0.2) is 23.1 Å². The van der Waals surface area contributed by atoms with Gasteiger partial charge in [-0.25, -0.2) is 5.43 Å². The Hall–Kier alpha value is -3.19. The molecular formula is C19H14BrN3O3. The number of aromatic hydroxyl groups is 1. The number of halogens is 1. The maximum absolute atomic E-state index is 11.9. The van der Waals surface area contributed by atoms with Crippen molar-refractivity contribution < 1.29 is 14.7 Å². The van der Waals surface area contributed by atoms with E-state index in [2.05, 4.69) is 31.8 Å². The Morgan fingerprint density at radius 2 is 1.69 bits per heavy atom. The topological polar surface area (TPSA) is 90.8 Å². The Morgan fingerprint density at radius 3 is 2.46 bits per heavy atom. The van der Waals surface area contributed by atoms with Gasteiger partial charge in [0.05, 0.1) is 6.21 Å². The van der Waals surface area contributed by atoms with E-state index in [4.69, 9.17) is 0 Å². The number of anilines is 1. The fourth-order valence-electron chi connectivity index (χ4n) is 2.35. The largest absolute Gasteiger partial charge is 0.507 e. The van der Waals surface area contributed by atoms with Crippen molar-refractivity contribution in [3.63, 3.8) is 0 Å². The van der Waals surface area contributed by atoms with Crippen molar-refractivity contribution >= 4 is 50.4 Å². The lowest BCUT2D eigenvalue weighted by molar-refractivity contribution is -0.136. The number of rotatable bonds is 3. The quantitative estimate of drug-likeness (QED) is 0.350. The highest BCUT2D eigenvalue weighted by atomic mass is 79.9. The summed E-state index contributed by atoms with van der Waals surface area (Å²) in [4.78, 5) is 23.7. The molecule has 0 aromatic heterocycles. The number of nitrogens with one attached hydrogen (secondary N) is 2. The number of benzene rings is 3. The zero-order chi connectivity index (χ0) is 18.5. The van der Waals surface area contributed by atoms with Gasteiger partial charge in [0.1, 0.15) is 5.75 Å². The average molecular weight is 412 g/mol. The highest BCUT2D eigenvalue weighted by Gasteiger charge is 2.13. The number of nitrogens with zero attached hydrogens (tertiary/aromatic N) is 1. The maximum atomic E-state index is 11.9. The molecule has 0 spiro atoms. The summed E-state index contributed by atoms with van der Waals surface area (Å²) in [7, 11) is 0. The molecule has 0 radical (unpaired) electrons. The van der Waals surface area contributed by atoms with Crippen molar-refractivity contribution in [3.05, 3.63) is 70.7 Å². The number of hydrogen-bond acceptors (Lipinski definition) is 4. The molecule has 0 atom stereocenters. The van der Waals surface area contributed by atoms with Gasteiger partial charge in [-0.05, 0) is 41.1 Å². The van der Waals surface area contributed by atoms with Crippen molar-refractivity contribution in [2.75, 3.05) is 5.32 Å². The van der Waals surface area contributed by atoms with Crippen LogP contribution in [-0.2, 0) is 9.59 Å². The van der Waals surface area contributed by atoms with Crippen molar-refractivity contribution in [2.45, 2.75) is 0 Å². The van der Waals surface area contributed by atoms with Crippen LogP contribution in [0.3, 0.4) is 0 Å². The number of carbonyl (C=O) groups excluding carboxylic acids is 2. The van der Waals surface area contributed by atoms with Crippen molar-refractivity contribution in [2.24, 2.45) is 5.10 Å². The predicted octanol–water partition coefficient (Wildman–Crippen LogP) is 3.40. The Balaban J connectivity index is 1.68. The second-order valence-electron chi connectivity index (χ2n) is 5.38. The molecule has 0 aliphatic heterocycles. The molecule has 0 saturated carbocycles. The van der Waals surface area contributed by atoms with E-state index >= 15 is 0 Å². The van der Waals surface area contributed by atoms with Gasteiger partial charge in [0.25, 0.3) is 0 Å². The fraction of sp³-hybridized carbons (Fsp3) is 0. The monoisotopic (exact) mass is 411 g/mol. The predicted molar refractivity (Wildman–Crippen MR) is 104 cm³/mol. The summed E-state index contributed by atoms with van der Waals surface area (Å²) in [6.45, 7) is 0. The van der Waals surface area contributed by atoms with E-state index in [1.54, 1.807) is 36.4 Å². The van der Waals surface area contributed by atoms with Crippen LogP contribution in [0.25, 0.3) is 10.8 Å². The summed E-state index contributed by atoms with van der Waals surface area (Å²) in [5.41, 5.74) is 3.10. The van der Waals surface area contributed by atoms with Gasteiger partial charge in [0.15, 0.2) is 0 Å². The number of carbonyl (C=O) groups is 2. The first-order valence-corrected chi connectivity index (χ1v) is 8.44. The summed E-state index contributed by atoms with van der Waals surface area (Å²) in [5, 5.41) is 18.0. The van der Waals surface area contributed by atoms with Gasteiger partial charge < -0.3 is 10.4 Å². The van der Waals surface area contributed by atoms with Crippen LogP contribution >= 0.6 is 15.9 Å². The Morgan fingerprint density at radius 1 is 0.962 bits per heavy atom. The van der Waals surface area contributed by atoms with Crippen molar-refractivity contribution in [3.8, 4) is 5.75 Å². The third-order valence-corrected chi connectivity index (χ3v) is 4.14. The van der Waals surface area contributed by atoms with Gasteiger partial charge in [-0.3, -0.25) is 9.59 Å². The third kappa shape index (κ3) is 4.07. The SMILES string of the molecule is O=C(N/N=C/c1c(O)ccc2ccccc12)C(=O)Nc1ccc(Br)cc1. The molecule has 0 aliphatic rings. The molecule has 7 heteroatoms. The number of hydrogen-bond donors (Lipinski definition) is 3. The van der Waals surface area contributed by atoms with E-state index in [-0.39, 0.29) is 5.75 Å². The molecule has 3 rings (SSSR count). The zero-order valence-electron chi connectivity index (χ0n) is 13.4. The van der Waals surface area contributed by atoms with E-state index in [1.807, 2.05) is 24.3 Å². The third-order valence-electron chi connectivity index (χ3n) is 3.62. The lowest BCUT2D eigenvalue weighted by Crippen LogP contribution is -2.32. The van der Waals surface area contributed by atoms with Crippen LogP contribution in [0.1, 0.15) is 5.56 Å². The summed E-state index contributed by atoms with van der Waals surface area (Å²) in [6, 6.07) is 17.6. The molecule has 3 N–H and O–H groups in total. The summed E-state index contributed by atoms with van der Waals surface area (Å²) in [5.74, 6) is -1.73. The van der Waals surface area contributed by atoms with Gasteiger partial charge in [-0.15, -0.1) is 0 Å². The second-order valence-corrected chi connectivity index (χ2v) is 6.30.